The molecule has 2 aromatic heterocycles. The summed E-state index contributed by atoms with van der Waals surface area (Å²) in [6, 6.07) is 10.9. The van der Waals surface area contributed by atoms with Crippen LogP contribution in [0.1, 0.15) is 57.2 Å². The van der Waals surface area contributed by atoms with Gasteiger partial charge in [-0.15, -0.1) is 0 Å². The van der Waals surface area contributed by atoms with Crippen molar-refractivity contribution in [2.75, 3.05) is 18.0 Å². The first-order chi connectivity index (χ1) is 12.0. The molecule has 0 radical (unpaired) electrons. The van der Waals surface area contributed by atoms with Gasteiger partial charge in [0.15, 0.2) is 0 Å². The number of fused-ring (bicyclic) bond motifs is 1. The molecule has 0 aliphatic carbocycles. The Morgan fingerprint density at radius 3 is 2.44 bits per heavy atom. The molecule has 5 heteroatoms. The second-order valence-corrected chi connectivity index (χ2v) is 7.47. The molecule has 4 rings (SSSR count). The zero-order valence-electron chi connectivity index (χ0n) is 15.3. The van der Waals surface area contributed by atoms with Crippen molar-refractivity contribution in [2.24, 2.45) is 0 Å². The molecular formula is C20H25N5. The number of anilines is 1. The lowest BCUT2D eigenvalue weighted by Crippen LogP contribution is -2.48. The maximum atomic E-state index is 4.87. The molecule has 0 spiro atoms. The predicted molar refractivity (Wildman–Crippen MR) is 101 cm³/mol. The van der Waals surface area contributed by atoms with Crippen molar-refractivity contribution in [3.63, 3.8) is 0 Å². The van der Waals surface area contributed by atoms with Crippen LogP contribution in [0, 0.1) is 0 Å². The van der Waals surface area contributed by atoms with Gasteiger partial charge in [-0.25, -0.2) is 15.0 Å². The Morgan fingerprint density at radius 2 is 1.72 bits per heavy atom. The summed E-state index contributed by atoms with van der Waals surface area (Å²) in [6.45, 7) is 10.6. The van der Waals surface area contributed by atoms with Crippen LogP contribution in [0.5, 0.6) is 0 Å². The minimum atomic E-state index is 0.349. The second kappa shape index (κ2) is 6.14. The van der Waals surface area contributed by atoms with Gasteiger partial charge in [-0.3, -0.25) is 0 Å². The third-order valence-electron chi connectivity index (χ3n) is 4.87. The van der Waals surface area contributed by atoms with Gasteiger partial charge in [-0.1, -0.05) is 39.8 Å². The molecule has 0 N–H and O–H groups in total. The smallest absolute Gasteiger partial charge is 0.133 e. The summed E-state index contributed by atoms with van der Waals surface area (Å²) >= 11 is 0. The van der Waals surface area contributed by atoms with Gasteiger partial charge in [0.2, 0.25) is 0 Å². The fourth-order valence-corrected chi connectivity index (χ4v) is 3.48. The van der Waals surface area contributed by atoms with Gasteiger partial charge in [-0.2, -0.15) is 0 Å². The maximum Gasteiger partial charge on any atom is 0.133 e. The fourth-order valence-electron chi connectivity index (χ4n) is 3.48. The van der Waals surface area contributed by atoms with E-state index in [9.17, 15) is 0 Å². The quantitative estimate of drug-likeness (QED) is 0.719. The average Bonchev–Trinajstić information content (AvgIpc) is 2.94. The lowest BCUT2D eigenvalue weighted by Gasteiger charge is -2.42. The summed E-state index contributed by atoms with van der Waals surface area (Å²) in [4.78, 5) is 16.3. The van der Waals surface area contributed by atoms with Crippen molar-refractivity contribution >= 4 is 16.9 Å². The van der Waals surface area contributed by atoms with Crippen molar-refractivity contribution in [1.82, 2.24) is 19.5 Å². The van der Waals surface area contributed by atoms with E-state index in [4.69, 9.17) is 9.97 Å². The minimum absolute atomic E-state index is 0.349. The maximum absolute atomic E-state index is 4.87. The normalized spacial score (nSPS) is 15.4. The molecule has 0 unspecified atom stereocenters. The van der Waals surface area contributed by atoms with Gasteiger partial charge in [-0.05, 0) is 18.2 Å². The van der Waals surface area contributed by atoms with Crippen LogP contribution < -0.4 is 4.90 Å². The van der Waals surface area contributed by atoms with Gasteiger partial charge in [0.05, 0.1) is 17.1 Å². The summed E-state index contributed by atoms with van der Waals surface area (Å²) < 4.78 is 2.43. The van der Waals surface area contributed by atoms with E-state index >= 15 is 0 Å². The highest BCUT2D eigenvalue weighted by molar-refractivity contribution is 5.76. The van der Waals surface area contributed by atoms with Crippen molar-refractivity contribution in [3.05, 3.63) is 48.2 Å². The Morgan fingerprint density at radius 1 is 0.960 bits per heavy atom. The standard InChI is InChI=1S/C20H25N5/c1-13(2)19-21-10-9-18(23-19)24-11-15(12-24)25-17-8-6-5-7-16(17)22-20(25)14(3)4/h5-10,13-15H,11-12H2,1-4H3. The lowest BCUT2D eigenvalue weighted by molar-refractivity contribution is 0.390. The van der Waals surface area contributed by atoms with Crippen molar-refractivity contribution in [2.45, 2.75) is 45.6 Å². The van der Waals surface area contributed by atoms with Crippen LogP contribution in [0.4, 0.5) is 5.82 Å². The molecule has 1 aromatic carbocycles. The molecule has 25 heavy (non-hydrogen) atoms. The monoisotopic (exact) mass is 335 g/mol. The van der Waals surface area contributed by atoms with Gasteiger partial charge in [0.25, 0.3) is 0 Å². The van der Waals surface area contributed by atoms with Gasteiger partial charge in [0.1, 0.15) is 17.5 Å². The number of hydrogen-bond acceptors (Lipinski definition) is 4. The molecule has 0 amide bonds. The minimum Gasteiger partial charge on any atom is -0.352 e. The zero-order valence-corrected chi connectivity index (χ0v) is 15.3. The Labute approximate surface area is 148 Å². The summed E-state index contributed by atoms with van der Waals surface area (Å²) in [7, 11) is 0. The molecule has 0 saturated carbocycles. The lowest BCUT2D eigenvalue weighted by atomic mass is 10.1. The Hall–Kier alpha value is -2.43. The molecule has 0 atom stereocenters. The second-order valence-electron chi connectivity index (χ2n) is 7.47. The first-order valence-corrected chi connectivity index (χ1v) is 9.09. The van der Waals surface area contributed by atoms with Crippen LogP contribution in [0.2, 0.25) is 0 Å². The molecule has 1 saturated heterocycles. The predicted octanol–water partition coefficient (Wildman–Crippen LogP) is 4.13. The molecule has 1 aliphatic rings. The number of imidazole rings is 1. The highest BCUT2D eigenvalue weighted by Crippen LogP contribution is 2.33. The van der Waals surface area contributed by atoms with Crippen LogP contribution in [0.3, 0.4) is 0 Å². The number of rotatable bonds is 4. The summed E-state index contributed by atoms with van der Waals surface area (Å²) in [5.41, 5.74) is 2.33. The van der Waals surface area contributed by atoms with E-state index in [2.05, 4.69) is 66.4 Å². The Balaban J connectivity index is 1.61. The summed E-state index contributed by atoms with van der Waals surface area (Å²) in [6.07, 6.45) is 1.87. The molecule has 130 valence electrons. The first kappa shape index (κ1) is 16.1. The van der Waals surface area contributed by atoms with E-state index in [1.165, 1.54) is 11.3 Å². The molecule has 5 nitrogen and oxygen atoms in total. The van der Waals surface area contributed by atoms with Crippen molar-refractivity contribution in [3.8, 4) is 0 Å². The molecule has 1 fully saturated rings. The highest BCUT2D eigenvalue weighted by Gasteiger charge is 2.32. The number of para-hydroxylation sites is 2. The van der Waals surface area contributed by atoms with E-state index < -0.39 is 0 Å². The molecule has 1 aliphatic heterocycles. The Kier molecular flexibility index (Phi) is 3.94. The van der Waals surface area contributed by atoms with E-state index in [1.54, 1.807) is 0 Å². The third kappa shape index (κ3) is 2.77. The fraction of sp³-hybridized carbons (Fsp3) is 0.450. The molecule has 0 bridgehead atoms. The van der Waals surface area contributed by atoms with E-state index in [0.717, 1.165) is 30.2 Å². The molecular weight excluding hydrogens is 310 g/mol. The number of nitrogens with zero attached hydrogens (tertiary/aromatic N) is 5. The number of aromatic nitrogens is 4. The van der Waals surface area contributed by atoms with Crippen LogP contribution >= 0.6 is 0 Å². The number of benzene rings is 1. The van der Waals surface area contributed by atoms with Crippen LogP contribution in [-0.2, 0) is 0 Å². The SMILES string of the molecule is CC(C)c1nccc(N2CC(n3c(C(C)C)nc4ccccc43)C2)n1. The average molecular weight is 335 g/mol. The molecule has 3 aromatic rings. The van der Waals surface area contributed by atoms with E-state index in [-0.39, 0.29) is 0 Å². The van der Waals surface area contributed by atoms with Crippen molar-refractivity contribution in [1.29, 1.82) is 0 Å². The zero-order chi connectivity index (χ0) is 17.6. The van der Waals surface area contributed by atoms with Gasteiger partial charge >= 0.3 is 0 Å². The van der Waals surface area contributed by atoms with Gasteiger partial charge < -0.3 is 9.47 Å². The van der Waals surface area contributed by atoms with E-state index in [1.807, 2.05) is 12.3 Å². The molecule has 3 heterocycles. The van der Waals surface area contributed by atoms with Crippen LogP contribution in [0.25, 0.3) is 11.0 Å². The largest absolute Gasteiger partial charge is 0.352 e. The Bertz CT molecular complexity index is 890. The third-order valence-corrected chi connectivity index (χ3v) is 4.87. The summed E-state index contributed by atoms with van der Waals surface area (Å²) in [5, 5.41) is 0. The van der Waals surface area contributed by atoms with Gasteiger partial charge in [0, 0.05) is 31.1 Å². The summed E-state index contributed by atoms with van der Waals surface area (Å²) in [5.74, 6) is 3.88. The van der Waals surface area contributed by atoms with Crippen molar-refractivity contribution < 1.29 is 0 Å². The van der Waals surface area contributed by atoms with Crippen LogP contribution in [-0.4, -0.2) is 32.6 Å². The van der Waals surface area contributed by atoms with E-state index in [0.29, 0.717) is 17.9 Å². The number of hydrogen-bond donors (Lipinski definition) is 0. The van der Waals surface area contributed by atoms with Crippen LogP contribution in [0.15, 0.2) is 36.5 Å². The first-order valence-electron chi connectivity index (χ1n) is 9.09. The topological polar surface area (TPSA) is 46.8 Å². The highest BCUT2D eigenvalue weighted by atomic mass is 15.3.